The number of oxazole rings is 1. The third kappa shape index (κ3) is 4.96. The van der Waals surface area contributed by atoms with E-state index in [4.69, 9.17) is 4.42 Å². The maximum Gasteiger partial charge on any atom is 0.226 e. The fraction of sp³-hybridized carbons (Fsp3) is 0.238. The summed E-state index contributed by atoms with van der Waals surface area (Å²) in [6.45, 7) is 6.12. The highest BCUT2D eigenvalue weighted by atomic mass is 16.3. The Hall–Kier alpha value is -3.08. The van der Waals surface area contributed by atoms with E-state index in [0.29, 0.717) is 19.0 Å². The number of benzene rings is 2. The van der Waals surface area contributed by atoms with Gasteiger partial charge in [0.25, 0.3) is 0 Å². The summed E-state index contributed by atoms with van der Waals surface area (Å²) < 4.78 is 5.57. The molecule has 3 aromatic rings. The predicted octanol–water partition coefficient (Wildman–Crippen LogP) is 3.91. The Morgan fingerprint density at radius 3 is 2.69 bits per heavy atom. The molecular weight excluding hydrogens is 324 g/mol. The Labute approximate surface area is 154 Å². The summed E-state index contributed by atoms with van der Waals surface area (Å²) in [6, 6.07) is 18.3. The van der Waals surface area contributed by atoms with Gasteiger partial charge in [-0.1, -0.05) is 48.0 Å². The van der Waals surface area contributed by atoms with Gasteiger partial charge in [-0.3, -0.25) is 0 Å². The molecule has 0 aliphatic heterocycles. The Kier molecular flexibility index (Phi) is 6.04. The first-order valence-corrected chi connectivity index (χ1v) is 8.82. The van der Waals surface area contributed by atoms with Crippen molar-refractivity contribution >= 4 is 5.96 Å². The highest BCUT2D eigenvalue weighted by molar-refractivity contribution is 5.79. The van der Waals surface area contributed by atoms with Crippen molar-refractivity contribution in [1.29, 1.82) is 0 Å². The molecule has 0 spiro atoms. The summed E-state index contributed by atoms with van der Waals surface area (Å²) in [5, 5.41) is 6.56. The van der Waals surface area contributed by atoms with E-state index in [1.807, 2.05) is 37.3 Å². The fourth-order valence-corrected chi connectivity index (χ4v) is 2.60. The van der Waals surface area contributed by atoms with Gasteiger partial charge < -0.3 is 15.1 Å². The number of aliphatic imine (C=N–C) groups is 1. The lowest BCUT2D eigenvalue weighted by Gasteiger charge is -2.10. The minimum absolute atomic E-state index is 0.552. The van der Waals surface area contributed by atoms with Gasteiger partial charge in [-0.15, -0.1) is 0 Å². The molecule has 0 fully saturated rings. The van der Waals surface area contributed by atoms with Gasteiger partial charge in [0, 0.05) is 12.1 Å². The third-order valence-corrected chi connectivity index (χ3v) is 3.86. The van der Waals surface area contributed by atoms with E-state index in [1.54, 1.807) is 6.26 Å². The molecule has 0 bridgehead atoms. The number of nitrogens with one attached hydrogen (secondary N) is 2. The molecule has 1 heterocycles. The molecule has 5 nitrogen and oxygen atoms in total. The van der Waals surface area contributed by atoms with E-state index in [9.17, 15) is 0 Å². The molecule has 0 saturated carbocycles. The summed E-state index contributed by atoms with van der Waals surface area (Å²) >= 11 is 0. The van der Waals surface area contributed by atoms with E-state index in [2.05, 4.69) is 51.8 Å². The Balaban J connectivity index is 1.62. The largest absolute Gasteiger partial charge is 0.444 e. The minimum Gasteiger partial charge on any atom is -0.444 e. The topological polar surface area (TPSA) is 62.5 Å². The van der Waals surface area contributed by atoms with Crippen LogP contribution in [-0.2, 0) is 13.1 Å². The van der Waals surface area contributed by atoms with Gasteiger partial charge in [-0.25, -0.2) is 9.98 Å². The molecule has 0 radical (unpaired) electrons. The molecule has 5 heteroatoms. The molecular formula is C21H24N4O. The summed E-state index contributed by atoms with van der Waals surface area (Å²) in [7, 11) is 0. The van der Waals surface area contributed by atoms with E-state index >= 15 is 0 Å². The van der Waals surface area contributed by atoms with E-state index in [-0.39, 0.29) is 0 Å². The number of hydrogen-bond acceptors (Lipinski definition) is 3. The van der Waals surface area contributed by atoms with Crippen molar-refractivity contribution in [3.05, 3.63) is 77.7 Å². The highest BCUT2D eigenvalue weighted by Gasteiger charge is 2.07. The maximum absolute atomic E-state index is 5.57. The quantitative estimate of drug-likeness (QED) is 0.524. The number of hydrogen-bond donors (Lipinski definition) is 2. The van der Waals surface area contributed by atoms with E-state index < -0.39 is 0 Å². The molecule has 26 heavy (non-hydrogen) atoms. The van der Waals surface area contributed by atoms with Crippen molar-refractivity contribution in [2.75, 3.05) is 6.54 Å². The van der Waals surface area contributed by atoms with Crippen molar-refractivity contribution < 1.29 is 4.42 Å². The first kappa shape index (κ1) is 17.7. The molecule has 2 aromatic carbocycles. The highest BCUT2D eigenvalue weighted by Crippen LogP contribution is 2.17. The normalized spacial score (nSPS) is 11.4. The molecule has 3 rings (SSSR count). The lowest BCUT2D eigenvalue weighted by atomic mass is 10.1. The van der Waals surface area contributed by atoms with Crippen LogP contribution in [0.15, 0.2) is 70.3 Å². The minimum atomic E-state index is 0.552. The van der Waals surface area contributed by atoms with E-state index in [1.165, 1.54) is 11.1 Å². The molecule has 134 valence electrons. The van der Waals surface area contributed by atoms with Gasteiger partial charge in [0.1, 0.15) is 6.26 Å². The maximum atomic E-state index is 5.57. The van der Waals surface area contributed by atoms with Crippen LogP contribution >= 0.6 is 0 Å². The lowest BCUT2D eigenvalue weighted by Crippen LogP contribution is -2.36. The Morgan fingerprint density at radius 1 is 1.08 bits per heavy atom. The molecule has 2 N–H and O–H groups in total. The summed E-state index contributed by atoms with van der Waals surface area (Å²) in [4.78, 5) is 9.17. The monoisotopic (exact) mass is 348 g/mol. The van der Waals surface area contributed by atoms with Gasteiger partial charge in [0.15, 0.2) is 5.96 Å². The molecule has 0 amide bonds. The first-order valence-electron chi connectivity index (χ1n) is 8.82. The van der Waals surface area contributed by atoms with Crippen LogP contribution in [0, 0.1) is 6.92 Å². The van der Waals surface area contributed by atoms with Gasteiger partial charge in [-0.05, 0) is 31.5 Å². The summed E-state index contributed by atoms with van der Waals surface area (Å²) in [5.41, 5.74) is 4.24. The molecule has 0 aliphatic carbocycles. The SMILES string of the molecule is CCNC(=NCc1cccc(C)c1)NCc1coc(-c2ccccc2)n1. The van der Waals surface area contributed by atoms with Crippen LogP contribution in [0.2, 0.25) is 0 Å². The smallest absolute Gasteiger partial charge is 0.226 e. The van der Waals surface area contributed by atoms with Crippen molar-refractivity contribution in [3.8, 4) is 11.5 Å². The Morgan fingerprint density at radius 2 is 1.92 bits per heavy atom. The van der Waals surface area contributed by atoms with Gasteiger partial charge >= 0.3 is 0 Å². The Bertz CT molecular complexity index is 855. The van der Waals surface area contributed by atoms with Gasteiger partial charge in [0.2, 0.25) is 5.89 Å². The number of nitrogens with zero attached hydrogens (tertiary/aromatic N) is 2. The summed E-state index contributed by atoms with van der Waals surface area (Å²) in [6.07, 6.45) is 1.68. The average molecular weight is 348 g/mol. The van der Waals surface area contributed by atoms with Crippen molar-refractivity contribution in [2.24, 2.45) is 4.99 Å². The standard InChI is InChI=1S/C21H24N4O/c1-3-22-21(23-13-17-9-7-8-16(2)12-17)24-14-19-15-26-20(25-19)18-10-5-4-6-11-18/h4-12,15H,3,13-14H2,1-2H3,(H2,22,23,24). The molecule has 0 atom stereocenters. The molecule has 0 saturated heterocycles. The van der Waals surface area contributed by atoms with Crippen LogP contribution in [0.5, 0.6) is 0 Å². The van der Waals surface area contributed by atoms with Crippen molar-refractivity contribution in [3.63, 3.8) is 0 Å². The fourth-order valence-electron chi connectivity index (χ4n) is 2.60. The first-order chi connectivity index (χ1) is 12.7. The summed E-state index contributed by atoms with van der Waals surface area (Å²) in [5.74, 6) is 1.39. The second-order valence-corrected chi connectivity index (χ2v) is 6.05. The number of aryl methyl sites for hydroxylation is 1. The number of aromatic nitrogens is 1. The van der Waals surface area contributed by atoms with Crippen molar-refractivity contribution in [2.45, 2.75) is 26.9 Å². The zero-order chi connectivity index (χ0) is 18.2. The van der Waals surface area contributed by atoms with Crippen LogP contribution in [0.25, 0.3) is 11.5 Å². The zero-order valence-electron chi connectivity index (χ0n) is 15.2. The second kappa shape index (κ2) is 8.85. The lowest BCUT2D eigenvalue weighted by molar-refractivity contribution is 0.572. The molecule has 0 aliphatic rings. The van der Waals surface area contributed by atoms with Gasteiger partial charge in [-0.2, -0.15) is 0 Å². The molecule has 1 aromatic heterocycles. The van der Waals surface area contributed by atoms with Crippen LogP contribution in [0.3, 0.4) is 0 Å². The van der Waals surface area contributed by atoms with Crippen molar-refractivity contribution in [1.82, 2.24) is 15.6 Å². The van der Waals surface area contributed by atoms with E-state index in [0.717, 1.165) is 23.8 Å². The van der Waals surface area contributed by atoms with Crippen LogP contribution in [0.4, 0.5) is 0 Å². The zero-order valence-corrected chi connectivity index (χ0v) is 15.2. The number of rotatable bonds is 6. The van der Waals surface area contributed by atoms with Crippen LogP contribution in [0.1, 0.15) is 23.7 Å². The van der Waals surface area contributed by atoms with Crippen LogP contribution in [-0.4, -0.2) is 17.5 Å². The number of guanidine groups is 1. The third-order valence-electron chi connectivity index (χ3n) is 3.86. The molecule has 0 unspecified atom stereocenters. The van der Waals surface area contributed by atoms with Crippen LogP contribution < -0.4 is 10.6 Å². The second-order valence-electron chi connectivity index (χ2n) is 6.05. The predicted molar refractivity (Wildman–Crippen MR) is 105 cm³/mol. The average Bonchev–Trinajstić information content (AvgIpc) is 3.14. The van der Waals surface area contributed by atoms with Gasteiger partial charge in [0.05, 0.1) is 18.8 Å².